The highest BCUT2D eigenvalue weighted by atomic mass is 127. The first-order chi connectivity index (χ1) is 12.9. The Bertz CT molecular complexity index is 596. The van der Waals surface area contributed by atoms with Crippen LogP contribution in [-0.4, -0.2) is 62.9 Å². The molecule has 9 heteroatoms. The highest BCUT2D eigenvalue weighted by Crippen LogP contribution is 2.20. The summed E-state index contributed by atoms with van der Waals surface area (Å²) in [6.45, 7) is 3.33. The van der Waals surface area contributed by atoms with Crippen LogP contribution in [-0.2, 0) is 6.42 Å². The Morgan fingerprint density at radius 2 is 2.00 bits per heavy atom. The fraction of sp³-hybridized carbons (Fsp3) is 0.632. The molecule has 0 aromatic heterocycles. The van der Waals surface area contributed by atoms with Crippen LogP contribution < -0.4 is 15.4 Å². The number of guanidine groups is 1. The molecule has 1 aromatic carbocycles. The number of ether oxygens (including phenoxy) is 1. The van der Waals surface area contributed by atoms with Crippen molar-refractivity contribution >= 4 is 29.9 Å². The van der Waals surface area contributed by atoms with Gasteiger partial charge < -0.3 is 15.4 Å². The van der Waals surface area contributed by atoms with Gasteiger partial charge in [0.25, 0.3) is 0 Å². The lowest BCUT2D eigenvalue weighted by molar-refractivity contribution is -0.143. The predicted octanol–water partition coefficient (Wildman–Crippen LogP) is 3.44. The third-order valence-electron chi connectivity index (χ3n) is 4.41. The predicted molar refractivity (Wildman–Crippen MR) is 117 cm³/mol. The van der Waals surface area contributed by atoms with E-state index in [1.54, 1.807) is 7.11 Å². The number of methoxy groups -OCH3 is 1. The van der Waals surface area contributed by atoms with Crippen LogP contribution in [0.5, 0.6) is 5.75 Å². The van der Waals surface area contributed by atoms with Gasteiger partial charge in [0.15, 0.2) is 5.96 Å². The maximum atomic E-state index is 12.5. The van der Waals surface area contributed by atoms with Crippen molar-refractivity contribution in [3.05, 3.63) is 29.8 Å². The summed E-state index contributed by atoms with van der Waals surface area (Å²) in [5, 5.41) is 6.43. The first kappa shape index (κ1) is 24.8. The van der Waals surface area contributed by atoms with Gasteiger partial charge in [0.1, 0.15) is 5.75 Å². The lowest BCUT2D eigenvalue weighted by atomic mass is 10.1. The summed E-state index contributed by atoms with van der Waals surface area (Å²) in [5.74, 6) is 1.51. The second-order valence-corrected chi connectivity index (χ2v) is 6.69. The van der Waals surface area contributed by atoms with Crippen molar-refractivity contribution in [2.45, 2.75) is 38.4 Å². The number of hydrogen-bond donors (Lipinski definition) is 2. The monoisotopic (exact) mass is 514 g/mol. The van der Waals surface area contributed by atoms with E-state index in [4.69, 9.17) is 4.74 Å². The van der Waals surface area contributed by atoms with Crippen molar-refractivity contribution in [1.82, 2.24) is 15.5 Å². The molecule has 2 N–H and O–H groups in total. The average molecular weight is 514 g/mol. The molecule has 1 atom stereocenters. The second kappa shape index (κ2) is 12.4. The lowest BCUT2D eigenvalue weighted by Crippen LogP contribution is -2.45. The molecule has 0 spiro atoms. The maximum Gasteiger partial charge on any atom is 0.401 e. The number of likely N-dealkylation sites (tertiary alicyclic amines) is 1. The van der Waals surface area contributed by atoms with Gasteiger partial charge in [-0.2, -0.15) is 13.2 Å². The first-order valence-electron chi connectivity index (χ1n) is 9.36. The van der Waals surface area contributed by atoms with E-state index in [-0.39, 0.29) is 30.0 Å². The van der Waals surface area contributed by atoms with Crippen LogP contribution in [0.25, 0.3) is 0 Å². The van der Waals surface area contributed by atoms with Crippen LogP contribution in [0.15, 0.2) is 29.3 Å². The lowest BCUT2D eigenvalue weighted by Gasteiger charge is -2.19. The SMILES string of the molecule is CCNC(=NCCCc1ccc(OC)cc1)NC1CCN(CC(F)(F)F)C1.I. The van der Waals surface area contributed by atoms with Crippen LogP contribution in [0.4, 0.5) is 13.2 Å². The summed E-state index contributed by atoms with van der Waals surface area (Å²) in [5.41, 5.74) is 1.22. The molecule has 2 rings (SSSR count). The number of alkyl halides is 3. The number of nitrogens with zero attached hydrogens (tertiary/aromatic N) is 2. The third kappa shape index (κ3) is 9.31. The molecule has 0 saturated carbocycles. The van der Waals surface area contributed by atoms with Gasteiger partial charge in [-0.3, -0.25) is 9.89 Å². The van der Waals surface area contributed by atoms with Crippen molar-refractivity contribution < 1.29 is 17.9 Å². The Hall–Kier alpha value is -1.23. The average Bonchev–Trinajstić information content (AvgIpc) is 3.04. The number of rotatable bonds is 8. The summed E-state index contributed by atoms with van der Waals surface area (Å²) in [6, 6.07) is 7.96. The third-order valence-corrected chi connectivity index (χ3v) is 4.41. The summed E-state index contributed by atoms with van der Waals surface area (Å²) >= 11 is 0. The van der Waals surface area contributed by atoms with Crippen LogP contribution >= 0.6 is 24.0 Å². The molecule has 0 bridgehead atoms. The second-order valence-electron chi connectivity index (χ2n) is 6.69. The van der Waals surface area contributed by atoms with E-state index in [0.717, 1.165) is 18.6 Å². The Balaban J connectivity index is 0.00000392. The minimum absolute atomic E-state index is 0. The number of nitrogens with one attached hydrogen (secondary N) is 2. The van der Waals surface area contributed by atoms with Gasteiger partial charge >= 0.3 is 6.18 Å². The van der Waals surface area contributed by atoms with Gasteiger partial charge in [-0.15, -0.1) is 24.0 Å². The van der Waals surface area contributed by atoms with Gasteiger partial charge in [0, 0.05) is 32.2 Å². The highest BCUT2D eigenvalue weighted by molar-refractivity contribution is 14.0. The first-order valence-corrected chi connectivity index (χ1v) is 9.36. The van der Waals surface area contributed by atoms with Gasteiger partial charge in [-0.25, -0.2) is 0 Å². The molecule has 1 aliphatic heterocycles. The summed E-state index contributed by atoms with van der Waals surface area (Å²) in [7, 11) is 1.64. The molecule has 1 aliphatic rings. The van der Waals surface area contributed by atoms with Crippen molar-refractivity contribution in [3.63, 3.8) is 0 Å². The van der Waals surface area contributed by atoms with Crippen molar-refractivity contribution in [2.24, 2.45) is 4.99 Å². The maximum absolute atomic E-state index is 12.5. The van der Waals surface area contributed by atoms with Crippen molar-refractivity contribution in [3.8, 4) is 5.75 Å². The quantitative estimate of drug-likeness (QED) is 0.242. The molecule has 0 radical (unpaired) electrons. The van der Waals surface area contributed by atoms with Crippen LogP contribution in [0.1, 0.15) is 25.3 Å². The molecule has 1 aromatic rings. The van der Waals surface area contributed by atoms with Gasteiger partial charge in [0.05, 0.1) is 13.7 Å². The molecule has 1 heterocycles. The summed E-state index contributed by atoms with van der Waals surface area (Å²) < 4.78 is 42.6. The number of benzene rings is 1. The highest BCUT2D eigenvalue weighted by Gasteiger charge is 2.34. The van der Waals surface area contributed by atoms with Gasteiger partial charge in [-0.1, -0.05) is 12.1 Å². The van der Waals surface area contributed by atoms with Crippen LogP contribution in [0, 0.1) is 0 Å². The van der Waals surface area contributed by atoms with E-state index in [9.17, 15) is 13.2 Å². The fourth-order valence-electron chi connectivity index (χ4n) is 3.13. The summed E-state index contributed by atoms with van der Waals surface area (Å²) in [4.78, 5) is 5.99. The smallest absolute Gasteiger partial charge is 0.401 e. The number of halogens is 4. The van der Waals surface area contributed by atoms with Crippen LogP contribution in [0.3, 0.4) is 0 Å². The normalized spacial score (nSPS) is 17.9. The molecular formula is C19H30F3IN4O. The molecule has 5 nitrogen and oxygen atoms in total. The molecule has 1 fully saturated rings. The molecule has 160 valence electrons. The zero-order valence-electron chi connectivity index (χ0n) is 16.4. The zero-order chi connectivity index (χ0) is 19.7. The standard InChI is InChI=1S/C19H29F3N4O.HI/c1-3-23-18(25-16-10-12-26(13-16)14-19(20,21)22)24-11-4-5-15-6-8-17(27-2)9-7-15;/h6-9,16H,3-5,10-14H2,1-2H3,(H2,23,24,25);1H. The Kier molecular flexibility index (Phi) is 10.9. The van der Waals surface area contributed by atoms with E-state index < -0.39 is 12.7 Å². The van der Waals surface area contributed by atoms with Gasteiger partial charge in [-0.05, 0) is 43.9 Å². The minimum Gasteiger partial charge on any atom is -0.497 e. The van der Waals surface area contributed by atoms with E-state index in [1.165, 1.54) is 10.5 Å². The Morgan fingerprint density at radius 3 is 2.61 bits per heavy atom. The number of aryl methyl sites for hydroxylation is 1. The fourth-order valence-corrected chi connectivity index (χ4v) is 3.13. The topological polar surface area (TPSA) is 48.9 Å². The number of aliphatic imine (C=N–C) groups is 1. The van der Waals surface area contributed by atoms with Crippen molar-refractivity contribution in [2.75, 3.05) is 39.8 Å². The van der Waals surface area contributed by atoms with E-state index >= 15 is 0 Å². The van der Waals surface area contributed by atoms with E-state index in [1.807, 2.05) is 31.2 Å². The summed E-state index contributed by atoms with van der Waals surface area (Å²) in [6.07, 6.45) is -1.65. The largest absolute Gasteiger partial charge is 0.497 e. The van der Waals surface area contributed by atoms with E-state index in [0.29, 0.717) is 38.6 Å². The van der Waals surface area contributed by atoms with Crippen molar-refractivity contribution in [1.29, 1.82) is 0 Å². The van der Waals surface area contributed by atoms with Gasteiger partial charge in [0.2, 0.25) is 0 Å². The van der Waals surface area contributed by atoms with E-state index in [2.05, 4.69) is 15.6 Å². The molecule has 1 unspecified atom stereocenters. The minimum atomic E-state index is -4.14. The molecule has 0 amide bonds. The number of hydrogen-bond acceptors (Lipinski definition) is 3. The molecule has 28 heavy (non-hydrogen) atoms. The zero-order valence-corrected chi connectivity index (χ0v) is 18.7. The molecule has 0 aliphatic carbocycles. The molecular weight excluding hydrogens is 484 g/mol. The Labute approximate surface area is 182 Å². The van der Waals surface area contributed by atoms with Crippen LogP contribution in [0.2, 0.25) is 0 Å². The Morgan fingerprint density at radius 1 is 1.29 bits per heavy atom. The molecule has 1 saturated heterocycles.